The Labute approximate surface area is 120 Å². The Morgan fingerprint density at radius 2 is 2.05 bits per heavy atom. The van der Waals surface area contributed by atoms with Crippen LogP contribution in [0.25, 0.3) is 0 Å². The minimum absolute atomic E-state index is 0.0365. The van der Waals surface area contributed by atoms with Crippen LogP contribution in [0.4, 0.5) is 0 Å². The summed E-state index contributed by atoms with van der Waals surface area (Å²) in [5.41, 5.74) is -0.879. The van der Waals surface area contributed by atoms with Crippen LogP contribution in [0.3, 0.4) is 0 Å². The molecule has 0 unspecified atom stereocenters. The largest absolute Gasteiger partial charge is 0.481 e. The Hall–Kier alpha value is -1.73. The quantitative estimate of drug-likeness (QED) is 0.850. The number of hydrogen-bond acceptors (Lipinski definition) is 5. The summed E-state index contributed by atoms with van der Waals surface area (Å²) < 4.78 is 5.17. The third-order valence-electron chi connectivity index (χ3n) is 3.34. The zero-order chi connectivity index (χ0) is 14.6. The molecule has 1 fully saturated rings. The highest BCUT2D eigenvalue weighted by Gasteiger charge is 2.40. The van der Waals surface area contributed by atoms with Crippen molar-refractivity contribution in [2.24, 2.45) is 5.41 Å². The summed E-state index contributed by atoms with van der Waals surface area (Å²) in [6.45, 7) is 0.792. The molecular weight excluding hydrogens is 286 g/mol. The van der Waals surface area contributed by atoms with Gasteiger partial charge in [-0.2, -0.15) is 0 Å². The minimum atomic E-state index is -0.978. The van der Waals surface area contributed by atoms with Crippen molar-refractivity contribution < 1.29 is 19.4 Å². The highest BCUT2D eigenvalue weighted by atomic mass is 35.5. The third kappa shape index (κ3) is 3.23. The SMILES string of the molecule is O=C(NCC1(C(=O)O)CCOCC1)c1cnc(Cl)cn1. The molecule has 0 saturated carbocycles. The molecule has 0 bridgehead atoms. The van der Waals surface area contributed by atoms with E-state index in [-0.39, 0.29) is 17.4 Å². The summed E-state index contributed by atoms with van der Waals surface area (Å²) in [5, 5.41) is 12.1. The molecule has 1 saturated heterocycles. The van der Waals surface area contributed by atoms with Crippen LogP contribution in [0, 0.1) is 5.41 Å². The lowest BCUT2D eigenvalue weighted by Crippen LogP contribution is -2.46. The van der Waals surface area contributed by atoms with E-state index in [1.807, 2.05) is 0 Å². The topological polar surface area (TPSA) is 101 Å². The molecule has 1 amide bonds. The van der Waals surface area contributed by atoms with Crippen molar-refractivity contribution in [2.45, 2.75) is 12.8 Å². The number of carboxylic acid groups (broad SMARTS) is 1. The second-order valence-electron chi connectivity index (χ2n) is 4.60. The van der Waals surface area contributed by atoms with Crippen LogP contribution in [-0.2, 0) is 9.53 Å². The first-order valence-corrected chi connectivity index (χ1v) is 6.48. The number of ether oxygens (including phenoxy) is 1. The maximum atomic E-state index is 11.9. The molecule has 7 nitrogen and oxygen atoms in total. The smallest absolute Gasteiger partial charge is 0.311 e. The number of nitrogens with zero attached hydrogens (tertiary/aromatic N) is 2. The van der Waals surface area contributed by atoms with E-state index in [1.54, 1.807) is 0 Å². The molecule has 0 aromatic carbocycles. The molecular formula is C12H14ClN3O4. The average molecular weight is 300 g/mol. The standard InChI is InChI=1S/C12H14ClN3O4/c13-9-6-14-8(5-15-9)10(17)16-7-12(11(18)19)1-3-20-4-2-12/h5-6H,1-4,7H2,(H,16,17)(H,18,19). The van der Waals surface area contributed by atoms with Crippen molar-refractivity contribution in [1.82, 2.24) is 15.3 Å². The number of nitrogens with one attached hydrogen (secondary N) is 1. The molecule has 0 atom stereocenters. The van der Waals surface area contributed by atoms with Crippen molar-refractivity contribution in [3.05, 3.63) is 23.2 Å². The fourth-order valence-electron chi connectivity index (χ4n) is 2.00. The Bertz CT molecular complexity index is 500. The van der Waals surface area contributed by atoms with Crippen LogP contribution in [0.5, 0.6) is 0 Å². The number of carbonyl (C=O) groups is 2. The molecule has 2 rings (SSSR count). The summed E-state index contributed by atoms with van der Waals surface area (Å²) in [6.07, 6.45) is 3.25. The fourth-order valence-corrected chi connectivity index (χ4v) is 2.10. The first-order valence-electron chi connectivity index (χ1n) is 6.10. The Morgan fingerprint density at radius 1 is 1.35 bits per heavy atom. The second kappa shape index (κ2) is 6.15. The normalized spacial score (nSPS) is 17.4. The molecule has 2 heterocycles. The Morgan fingerprint density at radius 3 is 2.60 bits per heavy atom. The number of aliphatic carboxylic acids is 1. The van der Waals surface area contributed by atoms with E-state index in [4.69, 9.17) is 16.3 Å². The molecule has 0 radical (unpaired) electrons. The molecule has 1 aliphatic heterocycles. The lowest BCUT2D eigenvalue weighted by atomic mass is 9.80. The van der Waals surface area contributed by atoms with E-state index < -0.39 is 17.3 Å². The average Bonchev–Trinajstić information content (AvgIpc) is 2.46. The number of aromatic nitrogens is 2. The molecule has 0 spiro atoms. The molecule has 0 aliphatic carbocycles. The predicted molar refractivity (Wildman–Crippen MR) is 69.5 cm³/mol. The summed E-state index contributed by atoms with van der Waals surface area (Å²) in [6, 6.07) is 0. The van der Waals surface area contributed by atoms with Gasteiger partial charge in [0.25, 0.3) is 5.91 Å². The van der Waals surface area contributed by atoms with Crippen molar-refractivity contribution in [2.75, 3.05) is 19.8 Å². The predicted octanol–water partition coefficient (Wildman–Crippen LogP) is 0.741. The van der Waals surface area contributed by atoms with Gasteiger partial charge in [-0.05, 0) is 12.8 Å². The van der Waals surface area contributed by atoms with Crippen molar-refractivity contribution in [3.8, 4) is 0 Å². The molecule has 108 valence electrons. The van der Waals surface area contributed by atoms with E-state index in [1.165, 1.54) is 12.4 Å². The van der Waals surface area contributed by atoms with Crippen LogP contribution < -0.4 is 5.32 Å². The summed E-state index contributed by atoms with van der Waals surface area (Å²) in [7, 11) is 0. The monoisotopic (exact) mass is 299 g/mol. The number of carboxylic acids is 1. The van der Waals surface area contributed by atoms with Crippen LogP contribution in [0.1, 0.15) is 23.3 Å². The zero-order valence-electron chi connectivity index (χ0n) is 10.6. The summed E-state index contributed by atoms with van der Waals surface area (Å²) in [4.78, 5) is 30.9. The summed E-state index contributed by atoms with van der Waals surface area (Å²) in [5.74, 6) is -1.40. The molecule has 1 aromatic rings. The number of carbonyl (C=O) groups excluding carboxylic acids is 1. The zero-order valence-corrected chi connectivity index (χ0v) is 11.4. The lowest BCUT2D eigenvalue weighted by Gasteiger charge is -2.33. The van der Waals surface area contributed by atoms with E-state index in [9.17, 15) is 14.7 Å². The number of hydrogen-bond donors (Lipinski definition) is 2. The number of rotatable bonds is 4. The van der Waals surface area contributed by atoms with Gasteiger partial charge in [-0.25, -0.2) is 9.97 Å². The fraction of sp³-hybridized carbons (Fsp3) is 0.500. The van der Waals surface area contributed by atoms with Crippen LogP contribution in [0.2, 0.25) is 5.15 Å². The highest BCUT2D eigenvalue weighted by molar-refractivity contribution is 6.29. The van der Waals surface area contributed by atoms with Crippen LogP contribution in [-0.4, -0.2) is 46.7 Å². The van der Waals surface area contributed by atoms with Crippen LogP contribution in [0.15, 0.2) is 12.4 Å². The maximum absolute atomic E-state index is 11.9. The Kier molecular flexibility index (Phi) is 4.51. The van der Waals surface area contributed by atoms with Gasteiger partial charge in [0.05, 0.1) is 17.8 Å². The van der Waals surface area contributed by atoms with Crippen molar-refractivity contribution in [3.63, 3.8) is 0 Å². The van der Waals surface area contributed by atoms with Crippen LogP contribution >= 0.6 is 11.6 Å². The van der Waals surface area contributed by atoms with Gasteiger partial charge in [-0.15, -0.1) is 0 Å². The van der Waals surface area contributed by atoms with Gasteiger partial charge in [0.15, 0.2) is 0 Å². The van der Waals surface area contributed by atoms with E-state index in [0.717, 1.165) is 0 Å². The van der Waals surface area contributed by atoms with Gasteiger partial charge >= 0.3 is 5.97 Å². The third-order valence-corrected chi connectivity index (χ3v) is 3.54. The highest BCUT2D eigenvalue weighted by Crippen LogP contribution is 2.30. The van der Waals surface area contributed by atoms with E-state index in [2.05, 4.69) is 15.3 Å². The molecule has 1 aromatic heterocycles. The molecule has 20 heavy (non-hydrogen) atoms. The summed E-state index contributed by atoms with van der Waals surface area (Å²) >= 11 is 5.58. The molecule has 8 heteroatoms. The van der Waals surface area contributed by atoms with Gasteiger partial charge in [0.1, 0.15) is 10.8 Å². The number of halogens is 1. The van der Waals surface area contributed by atoms with Gasteiger partial charge in [-0.1, -0.05) is 11.6 Å². The van der Waals surface area contributed by atoms with Gasteiger partial charge < -0.3 is 15.2 Å². The van der Waals surface area contributed by atoms with Crippen molar-refractivity contribution in [1.29, 1.82) is 0 Å². The first kappa shape index (κ1) is 14.7. The molecule has 2 N–H and O–H groups in total. The Balaban J connectivity index is 2.00. The van der Waals surface area contributed by atoms with Gasteiger partial charge in [0, 0.05) is 19.8 Å². The lowest BCUT2D eigenvalue weighted by molar-refractivity contribution is -0.154. The first-order chi connectivity index (χ1) is 9.53. The maximum Gasteiger partial charge on any atom is 0.311 e. The van der Waals surface area contributed by atoms with Crippen molar-refractivity contribution >= 4 is 23.5 Å². The van der Waals surface area contributed by atoms with E-state index >= 15 is 0 Å². The van der Waals surface area contributed by atoms with Gasteiger partial charge in [-0.3, -0.25) is 9.59 Å². The van der Waals surface area contributed by atoms with E-state index in [0.29, 0.717) is 26.1 Å². The van der Waals surface area contributed by atoms with Gasteiger partial charge in [0.2, 0.25) is 0 Å². The minimum Gasteiger partial charge on any atom is -0.481 e. The molecule has 1 aliphatic rings. The number of amides is 1. The second-order valence-corrected chi connectivity index (χ2v) is 4.99.